The first-order valence-electron chi connectivity index (χ1n) is 6.74. The van der Waals surface area contributed by atoms with Crippen LogP contribution < -0.4 is 16.4 Å². The van der Waals surface area contributed by atoms with Gasteiger partial charge >= 0.3 is 0 Å². The number of nitrogens with one attached hydrogen (secondary N) is 2. The van der Waals surface area contributed by atoms with Gasteiger partial charge in [0, 0.05) is 31.6 Å². The van der Waals surface area contributed by atoms with Crippen molar-refractivity contribution in [3.63, 3.8) is 0 Å². The van der Waals surface area contributed by atoms with Gasteiger partial charge in [0.15, 0.2) is 0 Å². The number of hydrogen-bond acceptors (Lipinski definition) is 4. The van der Waals surface area contributed by atoms with Crippen LogP contribution in [0.5, 0.6) is 0 Å². The Labute approximate surface area is 128 Å². The lowest BCUT2D eigenvalue weighted by Gasteiger charge is -2.26. The molecule has 4 N–H and O–H groups in total. The normalized spacial score (nSPS) is 15.3. The van der Waals surface area contributed by atoms with Gasteiger partial charge in [-0.05, 0) is 12.1 Å². The number of para-hydroxylation sites is 1. The average Bonchev–Trinajstić information content (AvgIpc) is 2.45. The minimum atomic E-state index is -0.121. The van der Waals surface area contributed by atoms with E-state index in [4.69, 9.17) is 18.0 Å². The van der Waals surface area contributed by atoms with E-state index in [0.29, 0.717) is 37.3 Å². The summed E-state index contributed by atoms with van der Waals surface area (Å²) in [7, 11) is 0. The summed E-state index contributed by atoms with van der Waals surface area (Å²) < 4.78 is 0. The van der Waals surface area contributed by atoms with Gasteiger partial charge in [-0.1, -0.05) is 24.4 Å². The summed E-state index contributed by atoms with van der Waals surface area (Å²) in [6, 6.07) is 7.16. The first-order valence-corrected chi connectivity index (χ1v) is 7.15. The van der Waals surface area contributed by atoms with E-state index >= 15 is 0 Å². The van der Waals surface area contributed by atoms with Gasteiger partial charge in [0.05, 0.1) is 12.2 Å². The van der Waals surface area contributed by atoms with Crippen molar-refractivity contribution < 1.29 is 9.59 Å². The molecule has 1 fully saturated rings. The van der Waals surface area contributed by atoms with Crippen LogP contribution in [-0.2, 0) is 9.59 Å². The number of hydrogen-bond donors (Lipinski definition) is 3. The molecule has 0 atom stereocenters. The van der Waals surface area contributed by atoms with E-state index in [2.05, 4.69) is 10.6 Å². The van der Waals surface area contributed by atoms with E-state index in [1.165, 1.54) is 0 Å². The van der Waals surface area contributed by atoms with Gasteiger partial charge in [0.2, 0.25) is 11.8 Å². The zero-order valence-corrected chi connectivity index (χ0v) is 12.4. The van der Waals surface area contributed by atoms with Crippen LogP contribution in [0.25, 0.3) is 0 Å². The molecule has 7 heteroatoms. The summed E-state index contributed by atoms with van der Waals surface area (Å²) in [5.41, 5.74) is 6.89. The Hall–Kier alpha value is -1.99. The highest BCUT2D eigenvalue weighted by molar-refractivity contribution is 7.80. The van der Waals surface area contributed by atoms with Crippen molar-refractivity contribution in [2.45, 2.75) is 6.42 Å². The van der Waals surface area contributed by atoms with Crippen molar-refractivity contribution in [1.29, 1.82) is 0 Å². The smallest absolute Gasteiger partial charge is 0.234 e. The number of thiocarbonyl (C=S) groups is 1. The average molecular weight is 306 g/mol. The van der Waals surface area contributed by atoms with E-state index in [1.54, 1.807) is 12.1 Å². The van der Waals surface area contributed by atoms with Gasteiger partial charge in [0.1, 0.15) is 4.99 Å². The van der Waals surface area contributed by atoms with E-state index < -0.39 is 0 Å². The number of piperazine rings is 1. The lowest BCUT2D eigenvalue weighted by Crippen LogP contribution is -2.48. The summed E-state index contributed by atoms with van der Waals surface area (Å²) in [4.78, 5) is 25.4. The number of amides is 2. The highest BCUT2D eigenvalue weighted by Gasteiger charge is 2.17. The Kier molecular flexibility index (Phi) is 5.24. The second kappa shape index (κ2) is 7.14. The van der Waals surface area contributed by atoms with Crippen LogP contribution in [-0.4, -0.2) is 47.9 Å². The zero-order chi connectivity index (χ0) is 15.2. The fourth-order valence-electron chi connectivity index (χ4n) is 2.16. The largest absolute Gasteiger partial charge is 0.389 e. The lowest BCUT2D eigenvalue weighted by molar-refractivity contribution is -0.125. The molecule has 1 aromatic carbocycles. The van der Waals surface area contributed by atoms with Crippen molar-refractivity contribution in [2.24, 2.45) is 5.73 Å². The molecule has 2 rings (SSSR count). The van der Waals surface area contributed by atoms with Crippen LogP contribution in [0, 0.1) is 0 Å². The van der Waals surface area contributed by atoms with Crippen molar-refractivity contribution in [3.05, 3.63) is 29.8 Å². The molecule has 1 saturated heterocycles. The van der Waals surface area contributed by atoms with Crippen LogP contribution in [0.3, 0.4) is 0 Å². The molecular weight excluding hydrogens is 288 g/mol. The Morgan fingerprint density at radius 1 is 1.43 bits per heavy atom. The molecule has 0 aliphatic carbocycles. The van der Waals surface area contributed by atoms with Gasteiger partial charge in [-0.3, -0.25) is 14.5 Å². The van der Waals surface area contributed by atoms with Crippen LogP contribution in [0.4, 0.5) is 5.69 Å². The second-order valence-electron chi connectivity index (χ2n) is 4.83. The van der Waals surface area contributed by atoms with E-state index in [0.717, 1.165) is 6.54 Å². The van der Waals surface area contributed by atoms with Gasteiger partial charge in [-0.2, -0.15) is 0 Å². The monoisotopic (exact) mass is 306 g/mol. The van der Waals surface area contributed by atoms with Gasteiger partial charge in [0.25, 0.3) is 0 Å². The second-order valence-corrected chi connectivity index (χ2v) is 5.27. The number of rotatable bonds is 5. The van der Waals surface area contributed by atoms with Crippen LogP contribution in [0.1, 0.15) is 12.0 Å². The topological polar surface area (TPSA) is 87.5 Å². The first kappa shape index (κ1) is 15.4. The molecule has 112 valence electrons. The third-order valence-electron chi connectivity index (χ3n) is 3.24. The summed E-state index contributed by atoms with van der Waals surface area (Å²) in [5.74, 6) is -0.120. The maximum atomic E-state index is 12.0. The van der Waals surface area contributed by atoms with Gasteiger partial charge in [-0.25, -0.2) is 0 Å². The molecule has 0 spiro atoms. The lowest BCUT2D eigenvalue weighted by atomic mass is 10.1. The fraction of sp³-hybridized carbons (Fsp3) is 0.357. The zero-order valence-electron chi connectivity index (χ0n) is 11.6. The standard InChI is InChI=1S/C14H18N4O2S/c15-14(21)10-3-1-2-4-11(10)17-12(19)5-7-18-8-6-16-13(20)9-18/h1-4H,5-9H2,(H2,15,21)(H,16,20)(H,17,19). The van der Waals surface area contributed by atoms with Gasteiger partial charge < -0.3 is 16.4 Å². The molecule has 1 aromatic rings. The molecule has 21 heavy (non-hydrogen) atoms. The minimum Gasteiger partial charge on any atom is -0.389 e. The maximum Gasteiger partial charge on any atom is 0.234 e. The molecule has 0 radical (unpaired) electrons. The van der Waals surface area contributed by atoms with Crippen molar-refractivity contribution >= 4 is 34.7 Å². The van der Waals surface area contributed by atoms with E-state index in [1.807, 2.05) is 17.0 Å². The summed E-state index contributed by atoms with van der Waals surface area (Å²) in [6.07, 6.45) is 0.318. The highest BCUT2D eigenvalue weighted by Crippen LogP contribution is 2.15. The molecule has 2 amide bonds. The Morgan fingerprint density at radius 3 is 2.90 bits per heavy atom. The summed E-state index contributed by atoms with van der Waals surface area (Å²) in [5, 5.41) is 5.56. The van der Waals surface area contributed by atoms with Crippen molar-refractivity contribution in [2.75, 3.05) is 31.5 Å². The Bertz CT molecular complexity index is 562. The number of anilines is 1. The van der Waals surface area contributed by atoms with E-state index in [-0.39, 0.29) is 16.8 Å². The fourth-order valence-corrected chi connectivity index (χ4v) is 2.34. The maximum absolute atomic E-state index is 12.0. The highest BCUT2D eigenvalue weighted by atomic mass is 32.1. The molecule has 6 nitrogen and oxygen atoms in total. The van der Waals surface area contributed by atoms with Crippen LogP contribution in [0.2, 0.25) is 0 Å². The van der Waals surface area contributed by atoms with Crippen LogP contribution in [0.15, 0.2) is 24.3 Å². The number of nitrogens with zero attached hydrogens (tertiary/aromatic N) is 1. The molecule has 0 bridgehead atoms. The number of nitrogens with two attached hydrogens (primary N) is 1. The molecular formula is C14H18N4O2S. The minimum absolute atomic E-state index is 0.000448. The first-order chi connectivity index (χ1) is 10.1. The van der Waals surface area contributed by atoms with Crippen LogP contribution >= 0.6 is 12.2 Å². The SMILES string of the molecule is NC(=S)c1ccccc1NC(=O)CCN1CCNC(=O)C1. The summed E-state index contributed by atoms with van der Waals surface area (Å²) >= 11 is 4.96. The quantitative estimate of drug-likeness (QED) is 0.671. The summed E-state index contributed by atoms with van der Waals surface area (Å²) in [6.45, 7) is 2.29. The number of carbonyl (C=O) groups excluding carboxylic acids is 2. The number of benzene rings is 1. The molecule has 0 aromatic heterocycles. The molecule has 1 aliphatic heterocycles. The third-order valence-corrected chi connectivity index (χ3v) is 3.46. The molecule has 0 unspecified atom stereocenters. The molecule has 0 saturated carbocycles. The Balaban J connectivity index is 1.87. The predicted octanol–water partition coefficient (Wildman–Crippen LogP) is 0.0812. The van der Waals surface area contributed by atoms with Crippen molar-refractivity contribution in [1.82, 2.24) is 10.2 Å². The third kappa shape index (κ3) is 4.51. The molecule has 1 heterocycles. The van der Waals surface area contributed by atoms with Gasteiger partial charge in [-0.15, -0.1) is 0 Å². The number of carbonyl (C=O) groups is 2. The van der Waals surface area contributed by atoms with Crippen molar-refractivity contribution in [3.8, 4) is 0 Å². The Morgan fingerprint density at radius 2 is 2.19 bits per heavy atom. The predicted molar refractivity (Wildman–Crippen MR) is 85.0 cm³/mol. The molecule has 1 aliphatic rings. The van der Waals surface area contributed by atoms with E-state index in [9.17, 15) is 9.59 Å².